The second-order valence-corrected chi connectivity index (χ2v) is 6.63. The minimum atomic E-state index is -4.27. The van der Waals surface area contributed by atoms with E-state index in [9.17, 15) is 13.2 Å². The largest absolute Gasteiger partial charge is 0.416 e. The van der Waals surface area contributed by atoms with E-state index in [0.717, 1.165) is 18.9 Å². The Morgan fingerprint density at radius 3 is 2.29 bits per heavy atom. The van der Waals surface area contributed by atoms with Crippen molar-refractivity contribution >= 4 is 0 Å². The van der Waals surface area contributed by atoms with Crippen LogP contribution in [0, 0.1) is 11.8 Å². The lowest BCUT2D eigenvalue weighted by Crippen LogP contribution is -2.37. The Morgan fingerprint density at radius 2 is 1.71 bits per heavy atom. The Hall–Kier alpha value is -1.03. The third-order valence-electron chi connectivity index (χ3n) is 4.38. The van der Waals surface area contributed by atoms with Gasteiger partial charge in [0.1, 0.15) is 0 Å². The molecule has 1 aromatic rings. The van der Waals surface area contributed by atoms with Gasteiger partial charge in [-0.05, 0) is 55.7 Å². The molecule has 1 aromatic carbocycles. The zero-order valence-electron chi connectivity index (χ0n) is 12.9. The highest BCUT2D eigenvalue weighted by Gasteiger charge is 2.31. The molecular weight excluding hydrogens is 275 g/mol. The molecule has 1 fully saturated rings. The first-order chi connectivity index (χ1) is 9.75. The zero-order valence-corrected chi connectivity index (χ0v) is 12.9. The highest BCUT2D eigenvalue weighted by molar-refractivity contribution is 5.27. The molecule has 3 unspecified atom stereocenters. The highest BCUT2D eigenvalue weighted by Crippen LogP contribution is 2.32. The van der Waals surface area contributed by atoms with Crippen LogP contribution in [0.3, 0.4) is 0 Å². The highest BCUT2D eigenvalue weighted by atomic mass is 19.4. The van der Waals surface area contributed by atoms with Gasteiger partial charge in [0.2, 0.25) is 0 Å². The Balaban J connectivity index is 2.05. The van der Waals surface area contributed by atoms with Crippen molar-refractivity contribution in [2.75, 3.05) is 0 Å². The first kappa shape index (κ1) is 16.3. The zero-order chi connectivity index (χ0) is 15.6. The van der Waals surface area contributed by atoms with E-state index in [2.05, 4.69) is 19.2 Å². The average molecular weight is 299 g/mol. The van der Waals surface area contributed by atoms with Gasteiger partial charge in [-0.1, -0.05) is 26.0 Å². The van der Waals surface area contributed by atoms with Gasteiger partial charge >= 0.3 is 6.18 Å². The van der Waals surface area contributed by atoms with Crippen LogP contribution in [-0.4, -0.2) is 6.04 Å². The van der Waals surface area contributed by atoms with E-state index >= 15 is 0 Å². The average Bonchev–Trinajstić information content (AvgIpc) is 2.36. The normalized spacial score (nSPS) is 28.4. The third-order valence-corrected chi connectivity index (χ3v) is 4.38. The summed E-state index contributed by atoms with van der Waals surface area (Å²) in [5.41, 5.74) is 0.134. The molecule has 21 heavy (non-hydrogen) atoms. The summed E-state index contributed by atoms with van der Waals surface area (Å²) in [5, 5.41) is 3.51. The van der Waals surface area contributed by atoms with Crippen LogP contribution in [-0.2, 0) is 6.18 Å². The maximum Gasteiger partial charge on any atom is 0.416 e. The number of benzene rings is 1. The molecule has 1 saturated carbocycles. The smallest absolute Gasteiger partial charge is 0.307 e. The molecular formula is C17H24F3N. The van der Waals surface area contributed by atoms with Crippen LogP contribution in [0.5, 0.6) is 0 Å². The summed E-state index contributed by atoms with van der Waals surface area (Å²) in [4.78, 5) is 0. The maximum absolute atomic E-state index is 12.8. The first-order valence-corrected chi connectivity index (χ1v) is 7.69. The van der Waals surface area contributed by atoms with Gasteiger partial charge in [0.15, 0.2) is 0 Å². The van der Waals surface area contributed by atoms with E-state index < -0.39 is 11.7 Å². The van der Waals surface area contributed by atoms with Gasteiger partial charge in [0, 0.05) is 12.1 Å². The third kappa shape index (κ3) is 4.47. The van der Waals surface area contributed by atoms with Crippen molar-refractivity contribution in [2.45, 2.75) is 58.3 Å². The van der Waals surface area contributed by atoms with Crippen LogP contribution in [0.25, 0.3) is 0 Å². The van der Waals surface area contributed by atoms with E-state index in [4.69, 9.17) is 0 Å². The Bertz CT molecular complexity index is 459. The summed E-state index contributed by atoms with van der Waals surface area (Å²) >= 11 is 0. The standard InChI is InChI=1S/C17H24F3N/c1-11-7-12(2)9-16(8-11)21-13(3)14-5-4-6-15(10-14)17(18,19)20/h4-6,10-13,16,21H,7-9H2,1-3H3. The van der Waals surface area contributed by atoms with Crippen molar-refractivity contribution in [3.63, 3.8) is 0 Å². The van der Waals surface area contributed by atoms with Crippen LogP contribution in [0.1, 0.15) is 57.2 Å². The lowest BCUT2D eigenvalue weighted by Gasteiger charge is -2.34. The summed E-state index contributed by atoms with van der Waals surface area (Å²) in [6.07, 6.45) is -0.818. The monoisotopic (exact) mass is 299 g/mol. The van der Waals surface area contributed by atoms with E-state index in [1.54, 1.807) is 6.07 Å². The molecule has 1 aliphatic rings. The fourth-order valence-electron chi connectivity index (χ4n) is 3.52. The molecule has 0 aliphatic heterocycles. The van der Waals surface area contributed by atoms with E-state index in [1.165, 1.54) is 18.6 Å². The molecule has 0 radical (unpaired) electrons. The number of rotatable bonds is 3. The quantitative estimate of drug-likeness (QED) is 0.811. The van der Waals surface area contributed by atoms with Gasteiger partial charge in [-0.15, -0.1) is 0 Å². The van der Waals surface area contributed by atoms with E-state index in [1.807, 2.05) is 6.92 Å². The fraction of sp³-hybridized carbons (Fsp3) is 0.647. The molecule has 118 valence electrons. The molecule has 0 spiro atoms. The molecule has 0 bridgehead atoms. The van der Waals surface area contributed by atoms with Gasteiger partial charge in [-0.3, -0.25) is 0 Å². The molecule has 3 atom stereocenters. The molecule has 0 saturated heterocycles. The lowest BCUT2D eigenvalue weighted by molar-refractivity contribution is -0.137. The summed E-state index contributed by atoms with van der Waals surface area (Å²) in [5.74, 6) is 1.36. The molecule has 2 rings (SSSR count). The van der Waals surface area contributed by atoms with E-state index in [-0.39, 0.29) is 6.04 Å². The molecule has 1 aliphatic carbocycles. The number of hydrogen-bond acceptors (Lipinski definition) is 1. The van der Waals surface area contributed by atoms with E-state index in [0.29, 0.717) is 23.4 Å². The molecule has 1 N–H and O–H groups in total. The van der Waals surface area contributed by atoms with Crippen LogP contribution >= 0.6 is 0 Å². The summed E-state index contributed by atoms with van der Waals surface area (Å²) in [7, 11) is 0. The number of hydrogen-bond donors (Lipinski definition) is 1. The Labute approximate surface area is 124 Å². The van der Waals surface area contributed by atoms with Crippen molar-refractivity contribution in [1.29, 1.82) is 0 Å². The van der Waals surface area contributed by atoms with Crippen LogP contribution in [0.15, 0.2) is 24.3 Å². The Morgan fingerprint density at radius 1 is 1.10 bits per heavy atom. The topological polar surface area (TPSA) is 12.0 Å². The summed E-state index contributed by atoms with van der Waals surface area (Å²) < 4.78 is 38.3. The molecule has 0 heterocycles. The van der Waals surface area contributed by atoms with Crippen molar-refractivity contribution in [3.05, 3.63) is 35.4 Å². The van der Waals surface area contributed by atoms with Gasteiger partial charge in [0.05, 0.1) is 5.56 Å². The second kappa shape index (κ2) is 6.39. The second-order valence-electron chi connectivity index (χ2n) is 6.63. The number of alkyl halides is 3. The molecule has 1 nitrogen and oxygen atoms in total. The predicted molar refractivity (Wildman–Crippen MR) is 79.0 cm³/mol. The van der Waals surface area contributed by atoms with Crippen molar-refractivity contribution < 1.29 is 13.2 Å². The van der Waals surface area contributed by atoms with Crippen LogP contribution in [0.4, 0.5) is 13.2 Å². The predicted octanol–water partition coefficient (Wildman–Crippen LogP) is 5.18. The SMILES string of the molecule is CC1CC(C)CC(NC(C)c2cccc(C(F)(F)F)c2)C1. The van der Waals surface area contributed by atoms with Crippen molar-refractivity contribution in [2.24, 2.45) is 11.8 Å². The first-order valence-electron chi connectivity index (χ1n) is 7.69. The van der Waals surface area contributed by atoms with Crippen LogP contribution in [0.2, 0.25) is 0 Å². The Kier molecular flexibility index (Phi) is 4.97. The van der Waals surface area contributed by atoms with Crippen molar-refractivity contribution in [1.82, 2.24) is 5.32 Å². The van der Waals surface area contributed by atoms with Crippen molar-refractivity contribution in [3.8, 4) is 0 Å². The molecule has 0 aromatic heterocycles. The number of nitrogens with one attached hydrogen (secondary N) is 1. The minimum Gasteiger partial charge on any atom is -0.307 e. The lowest BCUT2D eigenvalue weighted by atomic mass is 9.80. The van der Waals surface area contributed by atoms with Crippen LogP contribution < -0.4 is 5.32 Å². The van der Waals surface area contributed by atoms with Gasteiger partial charge in [-0.2, -0.15) is 13.2 Å². The van der Waals surface area contributed by atoms with Gasteiger partial charge in [-0.25, -0.2) is 0 Å². The van der Waals surface area contributed by atoms with Gasteiger partial charge < -0.3 is 5.32 Å². The summed E-state index contributed by atoms with van der Waals surface area (Å²) in [6.45, 7) is 6.44. The minimum absolute atomic E-state index is 0.0604. The fourth-order valence-corrected chi connectivity index (χ4v) is 3.52. The van der Waals surface area contributed by atoms with Gasteiger partial charge in [0.25, 0.3) is 0 Å². The summed E-state index contributed by atoms with van der Waals surface area (Å²) in [6, 6.07) is 5.97. The molecule has 0 amide bonds. The molecule has 4 heteroatoms. The maximum atomic E-state index is 12.8. The number of halogens is 3.